The second-order valence-electron chi connectivity index (χ2n) is 12.2. The van der Waals surface area contributed by atoms with Crippen molar-refractivity contribution in [1.29, 1.82) is 0 Å². The average Bonchev–Trinajstić information content (AvgIpc) is 3.29. The van der Waals surface area contributed by atoms with Gasteiger partial charge in [-0.2, -0.15) is 0 Å². The molecule has 1 aliphatic heterocycles. The molecule has 3 aromatic carbocycles. The molecule has 2 fully saturated rings. The van der Waals surface area contributed by atoms with Crippen LogP contribution in [0.15, 0.2) is 69.5 Å². The number of sulfone groups is 1. The van der Waals surface area contributed by atoms with Crippen LogP contribution in [0.1, 0.15) is 56.2 Å². The standard InChI is InChI=1S/C32H36FN3O4S2/c1-32(2)12-10-23(11-13-32)42(39,40)24-7-9-26-25-8-6-22(18-27(25)31(34-38)28(26)19-24)41-36-16-14-35(15-17-36)29-5-3-4-21(20-37)30(29)33/h3-9,18-19,23,37-38H,10-17,20H2,1-2H3/b34-31+. The van der Waals surface area contributed by atoms with Crippen LogP contribution in [0.3, 0.4) is 0 Å². The lowest BCUT2D eigenvalue weighted by Crippen LogP contribution is -2.43. The number of benzene rings is 3. The SMILES string of the molecule is CC1(C)CCC(S(=O)(=O)c2ccc3c(c2)/C(=N/O)c2cc(SN4CCN(c5cccc(CO)c5F)CC4)ccc2-3)CC1. The minimum Gasteiger partial charge on any atom is -0.410 e. The van der Waals surface area contributed by atoms with Crippen molar-refractivity contribution in [2.45, 2.75) is 61.2 Å². The van der Waals surface area contributed by atoms with Gasteiger partial charge >= 0.3 is 0 Å². The van der Waals surface area contributed by atoms with Gasteiger partial charge in [0, 0.05) is 47.8 Å². The summed E-state index contributed by atoms with van der Waals surface area (Å²) in [4.78, 5) is 3.26. The van der Waals surface area contributed by atoms with E-state index in [1.54, 1.807) is 42.3 Å². The van der Waals surface area contributed by atoms with Gasteiger partial charge in [0.15, 0.2) is 15.7 Å². The summed E-state index contributed by atoms with van der Waals surface area (Å²) in [5.74, 6) is -0.367. The number of rotatable bonds is 6. The Morgan fingerprint density at radius 3 is 2.29 bits per heavy atom. The largest absolute Gasteiger partial charge is 0.410 e. The van der Waals surface area contributed by atoms with Crippen molar-refractivity contribution in [3.8, 4) is 11.1 Å². The minimum atomic E-state index is -3.50. The summed E-state index contributed by atoms with van der Waals surface area (Å²) in [7, 11) is -3.50. The Balaban J connectivity index is 1.17. The zero-order valence-electron chi connectivity index (χ0n) is 23.9. The molecule has 0 amide bonds. The fourth-order valence-electron chi connectivity index (χ4n) is 6.37. The monoisotopic (exact) mass is 609 g/mol. The Kier molecular flexibility index (Phi) is 7.84. The molecule has 3 aliphatic rings. The zero-order valence-corrected chi connectivity index (χ0v) is 25.5. The van der Waals surface area contributed by atoms with Crippen molar-refractivity contribution in [3.05, 3.63) is 77.1 Å². The second kappa shape index (κ2) is 11.3. The van der Waals surface area contributed by atoms with Crippen LogP contribution in [-0.4, -0.2) is 60.2 Å². The number of piperazine rings is 1. The zero-order chi connectivity index (χ0) is 29.6. The fourth-order valence-corrected chi connectivity index (χ4v) is 9.10. The molecule has 0 spiro atoms. The van der Waals surface area contributed by atoms with Gasteiger partial charge in [-0.15, -0.1) is 0 Å². The molecule has 7 nitrogen and oxygen atoms in total. The summed E-state index contributed by atoms with van der Waals surface area (Å²) in [5.41, 5.74) is 4.55. The van der Waals surface area contributed by atoms with Gasteiger partial charge in [0.2, 0.25) is 0 Å². The van der Waals surface area contributed by atoms with Crippen LogP contribution in [0.5, 0.6) is 0 Å². The van der Waals surface area contributed by atoms with E-state index in [0.717, 1.165) is 34.4 Å². The first kappa shape index (κ1) is 29.2. The molecule has 1 saturated carbocycles. The number of fused-ring (bicyclic) bond motifs is 3. The molecule has 0 unspecified atom stereocenters. The van der Waals surface area contributed by atoms with Crippen LogP contribution in [-0.2, 0) is 16.4 Å². The maximum atomic E-state index is 14.7. The first-order chi connectivity index (χ1) is 20.1. The number of oxime groups is 1. The summed E-state index contributed by atoms with van der Waals surface area (Å²) in [6, 6.07) is 16.3. The first-order valence-electron chi connectivity index (χ1n) is 14.4. The highest BCUT2D eigenvalue weighted by atomic mass is 32.2. The molecule has 10 heteroatoms. The molecule has 1 saturated heterocycles. The molecule has 0 aromatic heterocycles. The highest BCUT2D eigenvalue weighted by Gasteiger charge is 2.36. The Hall–Kier alpha value is -2.92. The number of aliphatic hydroxyl groups excluding tert-OH is 1. The molecule has 1 heterocycles. The summed E-state index contributed by atoms with van der Waals surface area (Å²) in [5, 5.41) is 22.7. The maximum absolute atomic E-state index is 14.7. The Morgan fingerprint density at radius 1 is 0.952 bits per heavy atom. The summed E-state index contributed by atoms with van der Waals surface area (Å²) in [6.07, 6.45) is 3.10. The van der Waals surface area contributed by atoms with E-state index < -0.39 is 9.84 Å². The van der Waals surface area contributed by atoms with Gasteiger partial charge in [-0.25, -0.2) is 17.1 Å². The van der Waals surface area contributed by atoms with Crippen molar-refractivity contribution in [3.63, 3.8) is 0 Å². The smallest absolute Gasteiger partial charge is 0.181 e. The molecular weight excluding hydrogens is 574 g/mol. The van der Waals surface area contributed by atoms with E-state index in [-0.39, 0.29) is 28.0 Å². The quantitative estimate of drug-likeness (QED) is 0.155. The van der Waals surface area contributed by atoms with E-state index in [0.29, 0.717) is 61.5 Å². The van der Waals surface area contributed by atoms with Crippen molar-refractivity contribution in [2.24, 2.45) is 10.6 Å². The van der Waals surface area contributed by atoms with Gasteiger partial charge < -0.3 is 15.2 Å². The third-order valence-corrected chi connectivity index (χ3v) is 12.3. The number of aliphatic hydroxyl groups is 1. The van der Waals surface area contributed by atoms with Gasteiger partial charge in [0.1, 0.15) is 5.71 Å². The van der Waals surface area contributed by atoms with E-state index >= 15 is 0 Å². The van der Waals surface area contributed by atoms with Crippen LogP contribution >= 0.6 is 11.9 Å². The molecule has 3 aromatic rings. The maximum Gasteiger partial charge on any atom is 0.181 e. The van der Waals surface area contributed by atoms with Crippen molar-refractivity contribution in [2.75, 3.05) is 31.1 Å². The van der Waals surface area contributed by atoms with Crippen molar-refractivity contribution >= 4 is 33.2 Å². The van der Waals surface area contributed by atoms with Crippen molar-refractivity contribution in [1.82, 2.24) is 4.31 Å². The Bertz CT molecular complexity index is 1640. The lowest BCUT2D eigenvalue weighted by molar-refractivity contribution is 0.246. The molecule has 2 aliphatic carbocycles. The molecule has 0 atom stereocenters. The van der Waals surface area contributed by atoms with E-state index in [4.69, 9.17) is 0 Å². The molecule has 6 rings (SSSR count). The normalized spacial score (nSPS) is 20.1. The summed E-state index contributed by atoms with van der Waals surface area (Å²) in [6.45, 7) is 6.78. The summed E-state index contributed by atoms with van der Waals surface area (Å²) >= 11 is 1.60. The minimum absolute atomic E-state index is 0.176. The lowest BCUT2D eigenvalue weighted by atomic mass is 9.77. The lowest BCUT2D eigenvalue weighted by Gasteiger charge is -2.35. The van der Waals surface area contributed by atoms with E-state index in [9.17, 15) is 23.1 Å². The number of anilines is 1. The second-order valence-corrected chi connectivity index (χ2v) is 15.6. The van der Waals surface area contributed by atoms with Gasteiger partial charge in [-0.3, -0.25) is 0 Å². The highest BCUT2D eigenvalue weighted by molar-refractivity contribution is 7.97. The predicted molar refractivity (Wildman–Crippen MR) is 164 cm³/mol. The van der Waals surface area contributed by atoms with Crippen LogP contribution in [0.4, 0.5) is 10.1 Å². The molecule has 0 radical (unpaired) electrons. The highest BCUT2D eigenvalue weighted by Crippen LogP contribution is 2.43. The third kappa shape index (κ3) is 5.34. The van der Waals surface area contributed by atoms with Gasteiger partial charge in [0.25, 0.3) is 0 Å². The molecular formula is C32H36FN3O4S2. The van der Waals surface area contributed by atoms with Crippen LogP contribution in [0, 0.1) is 11.2 Å². The Labute approximate surface area is 251 Å². The fraction of sp³-hybridized carbons (Fsp3) is 0.406. The van der Waals surface area contributed by atoms with Crippen molar-refractivity contribution < 1.29 is 23.1 Å². The van der Waals surface area contributed by atoms with Crippen LogP contribution < -0.4 is 4.90 Å². The number of hydrogen-bond acceptors (Lipinski definition) is 8. The third-order valence-electron chi connectivity index (χ3n) is 8.98. The van der Waals surface area contributed by atoms with Gasteiger partial charge in [-0.1, -0.05) is 43.3 Å². The Morgan fingerprint density at radius 2 is 1.62 bits per heavy atom. The molecule has 222 valence electrons. The van der Waals surface area contributed by atoms with Gasteiger partial charge in [-0.05, 0) is 84.5 Å². The summed E-state index contributed by atoms with van der Waals surface area (Å²) < 4.78 is 44.1. The van der Waals surface area contributed by atoms with Crippen LogP contribution in [0.25, 0.3) is 11.1 Å². The number of halogens is 1. The first-order valence-corrected chi connectivity index (χ1v) is 16.7. The van der Waals surface area contributed by atoms with E-state index in [2.05, 4.69) is 23.3 Å². The van der Waals surface area contributed by atoms with Gasteiger partial charge in [0.05, 0.1) is 22.4 Å². The number of hydrogen-bond donors (Lipinski definition) is 2. The molecule has 0 bridgehead atoms. The average molecular weight is 610 g/mol. The predicted octanol–water partition coefficient (Wildman–Crippen LogP) is 6.10. The van der Waals surface area contributed by atoms with E-state index in [1.165, 1.54) is 0 Å². The molecule has 42 heavy (non-hydrogen) atoms. The van der Waals surface area contributed by atoms with Crippen LogP contribution in [0.2, 0.25) is 0 Å². The van der Waals surface area contributed by atoms with E-state index in [1.807, 2.05) is 29.2 Å². The number of nitrogens with zero attached hydrogens (tertiary/aromatic N) is 3. The topological polar surface area (TPSA) is 93.4 Å². The molecule has 2 N–H and O–H groups in total.